The van der Waals surface area contributed by atoms with Gasteiger partial charge in [0.25, 0.3) is 0 Å². The second-order valence-corrected chi connectivity index (χ2v) is 9.89. The number of likely N-dealkylation sites (N-methyl/N-ethyl adjacent to an activating group) is 1. The lowest BCUT2D eigenvalue weighted by molar-refractivity contribution is 0.319. The molecular formula is C31H59N. The van der Waals surface area contributed by atoms with Crippen LogP contribution in [0.2, 0.25) is 0 Å². The minimum Gasteiger partial charge on any atom is -0.303 e. The summed E-state index contributed by atoms with van der Waals surface area (Å²) in [5, 5.41) is 0. The van der Waals surface area contributed by atoms with E-state index in [0.717, 1.165) is 0 Å². The van der Waals surface area contributed by atoms with Crippen LogP contribution >= 0.6 is 0 Å². The lowest BCUT2D eigenvalue weighted by Crippen LogP contribution is -2.25. The van der Waals surface area contributed by atoms with Crippen molar-refractivity contribution in [3.05, 3.63) is 36.5 Å². The van der Waals surface area contributed by atoms with Crippen LogP contribution in [-0.2, 0) is 0 Å². The van der Waals surface area contributed by atoms with Crippen molar-refractivity contribution in [3.63, 3.8) is 0 Å². The number of allylic oxidation sites excluding steroid dienone is 5. The van der Waals surface area contributed by atoms with Gasteiger partial charge in [-0.2, -0.15) is 0 Å². The van der Waals surface area contributed by atoms with Crippen molar-refractivity contribution < 1.29 is 0 Å². The molecule has 1 unspecified atom stereocenters. The molecule has 0 radical (unpaired) electrons. The summed E-state index contributed by atoms with van der Waals surface area (Å²) in [5.41, 5.74) is 0. The normalized spacial score (nSPS) is 13.4. The molecule has 1 heteroatoms. The molecule has 1 nitrogen and oxygen atoms in total. The van der Waals surface area contributed by atoms with Crippen molar-refractivity contribution in [2.24, 2.45) is 0 Å². The number of nitrogens with zero attached hydrogens (tertiary/aromatic N) is 1. The first kappa shape index (κ1) is 31.2. The fourth-order valence-electron chi connectivity index (χ4n) is 4.25. The van der Waals surface area contributed by atoms with Crippen molar-refractivity contribution in [3.8, 4) is 0 Å². The molecular weight excluding hydrogens is 386 g/mol. The number of unbranched alkanes of at least 4 members (excludes halogenated alkanes) is 16. The lowest BCUT2D eigenvalue weighted by Gasteiger charge is -2.21. The average molecular weight is 446 g/mol. The Labute approximate surface area is 203 Å². The summed E-state index contributed by atoms with van der Waals surface area (Å²) in [6.07, 6.45) is 41.5. The predicted molar refractivity (Wildman–Crippen MR) is 149 cm³/mol. The molecule has 32 heavy (non-hydrogen) atoms. The van der Waals surface area contributed by atoms with Gasteiger partial charge < -0.3 is 4.90 Å². The van der Waals surface area contributed by atoms with Gasteiger partial charge in [0.1, 0.15) is 0 Å². The highest BCUT2D eigenvalue weighted by atomic mass is 15.1. The molecule has 0 saturated carbocycles. The lowest BCUT2D eigenvalue weighted by atomic mass is 10.0. The molecule has 0 fully saturated rings. The highest BCUT2D eigenvalue weighted by Crippen LogP contribution is 2.13. The highest BCUT2D eigenvalue weighted by Gasteiger charge is 2.06. The van der Waals surface area contributed by atoms with E-state index in [0.29, 0.717) is 6.04 Å². The number of hydrogen-bond donors (Lipinski definition) is 0. The van der Waals surface area contributed by atoms with Crippen LogP contribution in [-0.4, -0.2) is 25.0 Å². The third-order valence-electron chi connectivity index (χ3n) is 6.51. The maximum absolute atomic E-state index is 2.47. The van der Waals surface area contributed by atoms with Crippen molar-refractivity contribution in [1.82, 2.24) is 4.90 Å². The fourth-order valence-corrected chi connectivity index (χ4v) is 4.25. The molecule has 0 N–H and O–H groups in total. The Hall–Kier alpha value is -0.820. The molecule has 188 valence electrons. The topological polar surface area (TPSA) is 3.24 Å². The average Bonchev–Trinajstić information content (AvgIpc) is 2.78. The third kappa shape index (κ3) is 23.8. The summed E-state index contributed by atoms with van der Waals surface area (Å²) in [6.45, 7) is 4.41. The first-order valence-electron chi connectivity index (χ1n) is 14.3. The van der Waals surface area contributed by atoms with Gasteiger partial charge in [0, 0.05) is 6.04 Å². The Morgan fingerprint density at radius 2 is 0.969 bits per heavy atom. The molecule has 0 bridgehead atoms. The van der Waals surface area contributed by atoms with Gasteiger partial charge >= 0.3 is 0 Å². The van der Waals surface area contributed by atoms with Gasteiger partial charge in [0.15, 0.2) is 0 Å². The molecule has 0 saturated heterocycles. The van der Waals surface area contributed by atoms with Crippen LogP contribution in [0.1, 0.15) is 142 Å². The SMILES string of the molecule is CC=CCCCCCCC(C=CCCCCCCCC=CCCCCCCCC)N(C)C. The molecule has 0 aliphatic carbocycles. The van der Waals surface area contributed by atoms with Gasteiger partial charge in [-0.05, 0) is 78.8 Å². The van der Waals surface area contributed by atoms with E-state index in [1.807, 2.05) is 0 Å². The van der Waals surface area contributed by atoms with E-state index in [-0.39, 0.29) is 0 Å². The molecule has 0 heterocycles. The van der Waals surface area contributed by atoms with Gasteiger partial charge in [-0.15, -0.1) is 0 Å². The van der Waals surface area contributed by atoms with Crippen LogP contribution < -0.4 is 0 Å². The zero-order chi connectivity index (χ0) is 23.5. The molecule has 0 aliphatic heterocycles. The van der Waals surface area contributed by atoms with Crippen molar-refractivity contribution in [2.45, 2.75) is 148 Å². The Kier molecular flexibility index (Phi) is 25.8. The minimum absolute atomic E-state index is 0.619. The molecule has 0 aromatic carbocycles. The van der Waals surface area contributed by atoms with Crippen LogP contribution in [0.25, 0.3) is 0 Å². The van der Waals surface area contributed by atoms with Gasteiger partial charge in [-0.3, -0.25) is 0 Å². The van der Waals surface area contributed by atoms with E-state index in [1.165, 1.54) is 128 Å². The highest BCUT2D eigenvalue weighted by molar-refractivity contribution is 4.93. The summed E-state index contributed by atoms with van der Waals surface area (Å²) in [4.78, 5) is 2.39. The van der Waals surface area contributed by atoms with Crippen LogP contribution in [0.15, 0.2) is 36.5 Å². The number of hydrogen-bond acceptors (Lipinski definition) is 1. The Balaban J connectivity index is 3.52. The van der Waals surface area contributed by atoms with Crippen LogP contribution in [0.3, 0.4) is 0 Å². The summed E-state index contributed by atoms with van der Waals surface area (Å²) in [6, 6.07) is 0.619. The molecule has 0 spiro atoms. The molecule has 0 aromatic heterocycles. The Bertz CT molecular complexity index is 432. The summed E-state index contributed by atoms with van der Waals surface area (Å²) in [5.74, 6) is 0. The fraction of sp³-hybridized carbons (Fsp3) is 0.806. The smallest absolute Gasteiger partial charge is 0.0272 e. The zero-order valence-electron chi connectivity index (χ0n) is 22.6. The molecule has 0 rings (SSSR count). The second kappa shape index (κ2) is 26.4. The maximum atomic E-state index is 2.47. The van der Waals surface area contributed by atoms with E-state index >= 15 is 0 Å². The van der Waals surface area contributed by atoms with Crippen molar-refractivity contribution >= 4 is 0 Å². The Morgan fingerprint density at radius 3 is 1.47 bits per heavy atom. The van der Waals surface area contributed by atoms with E-state index in [1.54, 1.807) is 0 Å². The van der Waals surface area contributed by atoms with Gasteiger partial charge in [-0.1, -0.05) is 114 Å². The summed E-state index contributed by atoms with van der Waals surface area (Å²) >= 11 is 0. The van der Waals surface area contributed by atoms with Crippen molar-refractivity contribution in [2.75, 3.05) is 14.1 Å². The first-order chi connectivity index (χ1) is 15.7. The summed E-state index contributed by atoms with van der Waals surface area (Å²) in [7, 11) is 4.45. The Morgan fingerprint density at radius 1 is 0.531 bits per heavy atom. The number of rotatable bonds is 24. The predicted octanol–water partition coefficient (Wildman–Crippen LogP) is 10.4. The van der Waals surface area contributed by atoms with Gasteiger partial charge in [-0.25, -0.2) is 0 Å². The first-order valence-corrected chi connectivity index (χ1v) is 14.3. The maximum Gasteiger partial charge on any atom is 0.0272 e. The van der Waals surface area contributed by atoms with Crippen LogP contribution in [0.5, 0.6) is 0 Å². The minimum atomic E-state index is 0.619. The molecule has 0 amide bonds. The summed E-state index contributed by atoms with van der Waals surface area (Å²) < 4.78 is 0. The van der Waals surface area contributed by atoms with Crippen LogP contribution in [0, 0.1) is 0 Å². The standard InChI is InChI=1S/C31H59N/c1-5-7-9-11-13-14-15-16-17-18-19-20-21-22-24-26-28-30-31(32(3)4)29-27-25-23-12-10-8-6-2/h6,8,16-17,28,30-31H,5,7,9-15,18-27,29H2,1-4H3. The third-order valence-corrected chi connectivity index (χ3v) is 6.51. The van der Waals surface area contributed by atoms with E-state index in [4.69, 9.17) is 0 Å². The van der Waals surface area contributed by atoms with Gasteiger partial charge in [0.2, 0.25) is 0 Å². The molecule has 0 aromatic rings. The zero-order valence-corrected chi connectivity index (χ0v) is 22.6. The van der Waals surface area contributed by atoms with E-state index in [2.05, 4.69) is 69.3 Å². The van der Waals surface area contributed by atoms with Gasteiger partial charge in [0.05, 0.1) is 0 Å². The van der Waals surface area contributed by atoms with Crippen LogP contribution in [0.4, 0.5) is 0 Å². The molecule has 1 atom stereocenters. The van der Waals surface area contributed by atoms with E-state index in [9.17, 15) is 0 Å². The molecule has 0 aliphatic rings. The largest absolute Gasteiger partial charge is 0.303 e. The monoisotopic (exact) mass is 445 g/mol. The van der Waals surface area contributed by atoms with Crippen molar-refractivity contribution in [1.29, 1.82) is 0 Å². The van der Waals surface area contributed by atoms with E-state index < -0.39 is 0 Å². The quantitative estimate of drug-likeness (QED) is 0.105. The second-order valence-electron chi connectivity index (χ2n) is 9.89.